The van der Waals surface area contributed by atoms with E-state index in [0.717, 1.165) is 5.56 Å². The van der Waals surface area contributed by atoms with Crippen LogP contribution in [0.1, 0.15) is 19.4 Å². The Morgan fingerprint density at radius 1 is 1.50 bits per heavy atom. The average molecular weight is 194 g/mol. The molecule has 1 aromatic rings. The van der Waals surface area contributed by atoms with E-state index in [0.29, 0.717) is 13.2 Å². The minimum atomic E-state index is 0.0300. The van der Waals surface area contributed by atoms with Crippen LogP contribution in [0.4, 0.5) is 0 Å². The maximum atomic E-state index is 5.57. The molecule has 0 atom stereocenters. The van der Waals surface area contributed by atoms with Gasteiger partial charge in [0, 0.05) is 17.9 Å². The Bertz CT molecular complexity index is 259. The molecule has 14 heavy (non-hydrogen) atoms. The zero-order valence-electron chi connectivity index (χ0n) is 9.08. The van der Waals surface area contributed by atoms with Crippen molar-refractivity contribution in [3.8, 4) is 0 Å². The first-order chi connectivity index (χ1) is 6.64. The summed E-state index contributed by atoms with van der Waals surface area (Å²) in [6.45, 7) is 5.53. The Labute approximate surface area is 85.5 Å². The molecule has 0 saturated heterocycles. The molecule has 3 nitrogen and oxygen atoms in total. The summed E-state index contributed by atoms with van der Waals surface area (Å²) in [5, 5.41) is 3.19. The SMILES string of the molecule is CNC(C)(C)COCc1cccnc1. The highest BCUT2D eigenvalue weighted by Gasteiger charge is 2.14. The van der Waals surface area contributed by atoms with E-state index >= 15 is 0 Å². The van der Waals surface area contributed by atoms with Gasteiger partial charge in [-0.1, -0.05) is 6.07 Å². The fourth-order valence-electron chi connectivity index (χ4n) is 0.980. The highest BCUT2D eigenvalue weighted by atomic mass is 16.5. The van der Waals surface area contributed by atoms with Crippen LogP contribution >= 0.6 is 0 Å². The first-order valence-electron chi connectivity index (χ1n) is 4.79. The Hall–Kier alpha value is -0.930. The zero-order chi connectivity index (χ0) is 10.4. The number of ether oxygens (including phenoxy) is 1. The van der Waals surface area contributed by atoms with Gasteiger partial charge in [-0.15, -0.1) is 0 Å². The van der Waals surface area contributed by atoms with Gasteiger partial charge >= 0.3 is 0 Å². The first kappa shape index (κ1) is 11.1. The Morgan fingerprint density at radius 2 is 2.29 bits per heavy atom. The molecule has 78 valence electrons. The quantitative estimate of drug-likeness (QED) is 0.773. The van der Waals surface area contributed by atoms with Crippen molar-refractivity contribution in [2.45, 2.75) is 26.0 Å². The van der Waals surface area contributed by atoms with Crippen molar-refractivity contribution in [1.29, 1.82) is 0 Å². The van der Waals surface area contributed by atoms with Crippen LogP contribution in [0.15, 0.2) is 24.5 Å². The maximum absolute atomic E-state index is 5.57. The summed E-state index contributed by atoms with van der Waals surface area (Å²) in [5.74, 6) is 0. The summed E-state index contributed by atoms with van der Waals surface area (Å²) < 4.78 is 5.57. The molecular weight excluding hydrogens is 176 g/mol. The van der Waals surface area contributed by atoms with Gasteiger partial charge in [0.1, 0.15) is 0 Å². The van der Waals surface area contributed by atoms with Crippen LogP contribution in [0.25, 0.3) is 0 Å². The summed E-state index contributed by atoms with van der Waals surface area (Å²) in [5.41, 5.74) is 1.14. The minimum Gasteiger partial charge on any atom is -0.375 e. The van der Waals surface area contributed by atoms with Crippen LogP contribution in [-0.2, 0) is 11.3 Å². The minimum absolute atomic E-state index is 0.0300. The van der Waals surface area contributed by atoms with Crippen LogP contribution in [0.2, 0.25) is 0 Å². The van der Waals surface area contributed by atoms with Crippen molar-refractivity contribution >= 4 is 0 Å². The maximum Gasteiger partial charge on any atom is 0.0732 e. The van der Waals surface area contributed by atoms with E-state index < -0.39 is 0 Å². The molecule has 1 rings (SSSR count). The number of hydrogen-bond acceptors (Lipinski definition) is 3. The Balaban J connectivity index is 2.29. The van der Waals surface area contributed by atoms with Crippen molar-refractivity contribution in [2.24, 2.45) is 0 Å². The van der Waals surface area contributed by atoms with Gasteiger partial charge in [0.2, 0.25) is 0 Å². The predicted molar refractivity (Wildman–Crippen MR) is 57.0 cm³/mol. The molecule has 0 bridgehead atoms. The standard InChI is InChI=1S/C11H18N2O/c1-11(2,12-3)9-14-8-10-5-4-6-13-7-10/h4-7,12H,8-9H2,1-3H3. The lowest BCUT2D eigenvalue weighted by Crippen LogP contribution is -2.40. The van der Waals surface area contributed by atoms with E-state index in [1.54, 1.807) is 6.20 Å². The molecule has 0 saturated carbocycles. The molecule has 3 heteroatoms. The molecule has 0 aromatic carbocycles. The van der Waals surface area contributed by atoms with E-state index in [1.165, 1.54) is 0 Å². The average Bonchev–Trinajstić information content (AvgIpc) is 2.19. The van der Waals surface area contributed by atoms with E-state index in [4.69, 9.17) is 4.74 Å². The molecule has 1 N–H and O–H groups in total. The Kier molecular flexibility index (Phi) is 4.04. The number of pyridine rings is 1. The van der Waals surface area contributed by atoms with Gasteiger partial charge in [0.25, 0.3) is 0 Å². The van der Waals surface area contributed by atoms with Gasteiger partial charge in [0.15, 0.2) is 0 Å². The molecule has 1 aromatic heterocycles. The van der Waals surface area contributed by atoms with E-state index in [-0.39, 0.29) is 5.54 Å². The fraction of sp³-hybridized carbons (Fsp3) is 0.545. The van der Waals surface area contributed by atoms with Crippen molar-refractivity contribution in [1.82, 2.24) is 10.3 Å². The van der Waals surface area contributed by atoms with Crippen LogP contribution < -0.4 is 5.32 Å². The van der Waals surface area contributed by atoms with E-state index in [9.17, 15) is 0 Å². The summed E-state index contributed by atoms with van der Waals surface area (Å²) in [7, 11) is 1.94. The molecule has 0 spiro atoms. The molecule has 0 fully saturated rings. The zero-order valence-corrected chi connectivity index (χ0v) is 9.08. The topological polar surface area (TPSA) is 34.1 Å². The largest absolute Gasteiger partial charge is 0.375 e. The molecule has 0 aliphatic heterocycles. The van der Waals surface area contributed by atoms with Crippen molar-refractivity contribution in [2.75, 3.05) is 13.7 Å². The normalized spacial score (nSPS) is 11.6. The van der Waals surface area contributed by atoms with Gasteiger partial charge in [-0.3, -0.25) is 4.98 Å². The molecule has 0 aliphatic carbocycles. The van der Waals surface area contributed by atoms with Gasteiger partial charge in [-0.2, -0.15) is 0 Å². The third-order valence-corrected chi connectivity index (χ3v) is 2.13. The number of nitrogens with one attached hydrogen (secondary N) is 1. The fourth-order valence-corrected chi connectivity index (χ4v) is 0.980. The Morgan fingerprint density at radius 3 is 2.86 bits per heavy atom. The summed E-state index contributed by atoms with van der Waals surface area (Å²) >= 11 is 0. The third-order valence-electron chi connectivity index (χ3n) is 2.13. The third kappa shape index (κ3) is 3.85. The van der Waals surface area contributed by atoms with Crippen LogP contribution in [0, 0.1) is 0 Å². The second-order valence-corrected chi connectivity index (χ2v) is 3.99. The van der Waals surface area contributed by atoms with Crippen LogP contribution in [-0.4, -0.2) is 24.2 Å². The van der Waals surface area contributed by atoms with Crippen molar-refractivity contribution < 1.29 is 4.74 Å². The number of rotatable bonds is 5. The molecular formula is C11H18N2O. The number of nitrogens with zero attached hydrogens (tertiary/aromatic N) is 1. The summed E-state index contributed by atoms with van der Waals surface area (Å²) in [6.07, 6.45) is 3.59. The molecule has 0 radical (unpaired) electrons. The van der Waals surface area contributed by atoms with Gasteiger partial charge in [0.05, 0.1) is 13.2 Å². The second-order valence-electron chi connectivity index (χ2n) is 3.99. The van der Waals surface area contributed by atoms with Crippen LogP contribution in [0.3, 0.4) is 0 Å². The molecule has 0 unspecified atom stereocenters. The van der Waals surface area contributed by atoms with Gasteiger partial charge in [-0.05, 0) is 32.5 Å². The van der Waals surface area contributed by atoms with Gasteiger partial charge < -0.3 is 10.1 Å². The number of likely N-dealkylation sites (N-methyl/N-ethyl adjacent to an activating group) is 1. The number of hydrogen-bond donors (Lipinski definition) is 1. The van der Waals surface area contributed by atoms with Gasteiger partial charge in [-0.25, -0.2) is 0 Å². The first-order valence-corrected chi connectivity index (χ1v) is 4.79. The van der Waals surface area contributed by atoms with E-state index in [2.05, 4.69) is 24.1 Å². The van der Waals surface area contributed by atoms with Crippen molar-refractivity contribution in [3.05, 3.63) is 30.1 Å². The van der Waals surface area contributed by atoms with Crippen LogP contribution in [0.5, 0.6) is 0 Å². The molecule has 1 heterocycles. The van der Waals surface area contributed by atoms with E-state index in [1.807, 2.05) is 25.4 Å². The lowest BCUT2D eigenvalue weighted by atomic mass is 10.1. The predicted octanol–water partition coefficient (Wildman–Crippen LogP) is 1.60. The summed E-state index contributed by atoms with van der Waals surface area (Å²) in [6, 6.07) is 3.93. The summed E-state index contributed by atoms with van der Waals surface area (Å²) in [4.78, 5) is 4.02. The van der Waals surface area contributed by atoms with Crippen molar-refractivity contribution in [3.63, 3.8) is 0 Å². The number of aromatic nitrogens is 1. The lowest BCUT2D eigenvalue weighted by Gasteiger charge is -2.23. The lowest BCUT2D eigenvalue weighted by molar-refractivity contribution is 0.0740. The second kappa shape index (κ2) is 5.08. The highest BCUT2D eigenvalue weighted by molar-refractivity contribution is 5.06. The molecule has 0 aliphatic rings. The molecule has 0 amide bonds. The highest BCUT2D eigenvalue weighted by Crippen LogP contribution is 2.04. The monoisotopic (exact) mass is 194 g/mol. The smallest absolute Gasteiger partial charge is 0.0732 e.